The molecule has 1 aliphatic rings. The fourth-order valence-corrected chi connectivity index (χ4v) is 5.63. The maximum absolute atomic E-state index is 13.4. The number of hydrogen-bond donors (Lipinski definition) is 3. The molecule has 0 aliphatic carbocycles. The number of piperidine rings is 1. The van der Waals surface area contributed by atoms with Crippen molar-refractivity contribution in [2.24, 2.45) is 5.73 Å². The second kappa shape index (κ2) is 17.1. The Morgan fingerprint density at radius 2 is 1.54 bits per heavy atom. The monoisotopic (exact) mass is 645 g/mol. The van der Waals surface area contributed by atoms with Gasteiger partial charge in [0.25, 0.3) is 0 Å². The number of hydrogen-bond acceptors (Lipinski definition) is 6. The Hall–Kier alpha value is -3.95. The van der Waals surface area contributed by atoms with E-state index in [9.17, 15) is 9.50 Å². The first-order valence-corrected chi connectivity index (χ1v) is 15.7. The van der Waals surface area contributed by atoms with Crippen molar-refractivity contribution in [1.82, 2.24) is 14.5 Å². The predicted octanol–water partition coefficient (Wildman–Crippen LogP) is 6.84. The summed E-state index contributed by atoms with van der Waals surface area (Å²) in [6, 6.07) is 32.9. The summed E-state index contributed by atoms with van der Waals surface area (Å²) in [6.45, 7) is 5.67. The third-order valence-corrected chi connectivity index (χ3v) is 8.34. The Balaban J connectivity index is 0.000000341. The molecular formula is C37H45ClFN5O2. The van der Waals surface area contributed by atoms with Gasteiger partial charge in [0.1, 0.15) is 11.6 Å². The number of likely N-dealkylation sites (tertiary alicyclic amines) is 1. The van der Waals surface area contributed by atoms with Gasteiger partial charge in [-0.1, -0.05) is 66.7 Å². The Morgan fingerprint density at radius 1 is 0.913 bits per heavy atom. The van der Waals surface area contributed by atoms with E-state index in [1.165, 1.54) is 17.7 Å². The average Bonchev–Trinajstić information content (AvgIpc) is 3.42. The van der Waals surface area contributed by atoms with Crippen LogP contribution in [0.4, 0.5) is 10.3 Å². The average molecular weight is 646 g/mol. The van der Waals surface area contributed by atoms with Crippen LogP contribution in [0.15, 0.2) is 103 Å². The molecule has 244 valence electrons. The summed E-state index contributed by atoms with van der Waals surface area (Å²) in [7, 11) is 1.70. The quantitative estimate of drug-likeness (QED) is 0.154. The number of aromatic nitrogens is 2. The molecule has 0 radical (unpaired) electrons. The molecule has 2 unspecified atom stereocenters. The topological polar surface area (TPSA) is 88.6 Å². The molecule has 1 aliphatic heterocycles. The van der Waals surface area contributed by atoms with Gasteiger partial charge in [0.2, 0.25) is 5.95 Å². The van der Waals surface area contributed by atoms with E-state index in [0.29, 0.717) is 12.6 Å². The molecule has 0 amide bonds. The number of rotatable bonds is 10. The number of anilines is 1. The van der Waals surface area contributed by atoms with Crippen molar-refractivity contribution in [3.8, 4) is 5.75 Å². The molecule has 7 nitrogen and oxygen atoms in total. The minimum Gasteiger partial charge on any atom is -0.497 e. The summed E-state index contributed by atoms with van der Waals surface area (Å²) in [5.74, 6) is 1.58. The first-order valence-electron chi connectivity index (χ1n) is 15.7. The molecule has 1 saturated heterocycles. The zero-order chi connectivity index (χ0) is 31.6. The van der Waals surface area contributed by atoms with Crippen LogP contribution in [0, 0.1) is 5.82 Å². The van der Waals surface area contributed by atoms with Crippen molar-refractivity contribution < 1.29 is 14.2 Å². The normalized spacial score (nSPS) is 14.9. The maximum Gasteiger partial charge on any atom is 0.204 e. The van der Waals surface area contributed by atoms with Gasteiger partial charge in [-0.3, -0.25) is 0 Å². The predicted molar refractivity (Wildman–Crippen MR) is 187 cm³/mol. The number of methoxy groups -OCH3 is 1. The Bertz CT molecular complexity index is 1610. The number of aliphatic hydroxyl groups excluding tert-OH is 1. The highest BCUT2D eigenvalue weighted by Crippen LogP contribution is 2.24. The van der Waals surface area contributed by atoms with Crippen molar-refractivity contribution in [3.63, 3.8) is 0 Å². The highest BCUT2D eigenvalue weighted by molar-refractivity contribution is 5.85. The van der Waals surface area contributed by atoms with E-state index in [1.807, 2.05) is 72.8 Å². The zero-order valence-corrected chi connectivity index (χ0v) is 27.4. The first-order chi connectivity index (χ1) is 21.9. The van der Waals surface area contributed by atoms with Crippen LogP contribution in [0.1, 0.15) is 42.6 Å². The van der Waals surface area contributed by atoms with E-state index in [0.717, 1.165) is 72.8 Å². The number of halogens is 2. The first kappa shape index (κ1) is 34.9. The van der Waals surface area contributed by atoms with E-state index < -0.39 is 6.10 Å². The molecule has 4 aromatic carbocycles. The fourth-order valence-electron chi connectivity index (χ4n) is 5.63. The molecule has 2 heterocycles. The second-order valence-electron chi connectivity index (χ2n) is 11.7. The third-order valence-electron chi connectivity index (χ3n) is 8.34. The molecule has 0 spiro atoms. The summed E-state index contributed by atoms with van der Waals surface area (Å²) >= 11 is 0. The maximum atomic E-state index is 13.4. The van der Waals surface area contributed by atoms with Crippen LogP contribution in [0.2, 0.25) is 0 Å². The van der Waals surface area contributed by atoms with E-state index in [-0.39, 0.29) is 24.3 Å². The number of aliphatic hydroxyl groups is 1. The number of fused-ring (bicyclic) bond motifs is 1. The number of imidazole rings is 1. The Labute approximate surface area is 277 Å². The van der Waals surface area contributed by atoms with Gasteiger partial charge < -0.3 is 30.4 Å². The van der Waals surface area contributed by atoms with Crippen LogP contribution >= 0.6 is 12.4 Å². The van der Waals surface area contributed by atoms with Gasteiger partial charge in [0.05, 0.1) is 30.8 Å². The lowest BCUT2D eigenvalue weighted by Crippen LogP contribution is -2.40. The van der Waals surface area contributed by atoms with E-state index in [2.05, 4.69) is 33.0 Å². The summed E-state index contributed by atoms with van der Waals surface area (Å²) in [5, 5.41) is 13.2. The molecule has 1 aromatic heterocycles. The Kier molecular flexibility index (Phi) is 13.0. The van der Waals surface area contributed by atoms with Crippen LogP contribution in [0.25, 0.3) is 11.0 Å². The van der Waals surface area contributed by atoms with Crippen molar-refractivity contribution >= 4 is 29.4 Å². The third kappa shape index (κ3) is 9.53. The lowest BCUT2D eigenvalue weighted by molar-refractivity contribution is 0.153. The van der Waals surface area contributed by atoms with Crippen LogP contribution < -0.4 is 15.8 Å². The van der Waals surface area contributed by atoms with Crippen LogP contribution in [0.5, 0.6) is 5.75 Å². The highest BCUT2D eigenvalue weighted by Gasteiger charge is 2.21. The van der Waals surface area contributed by atoms with Crippen molar-refractivity contribution in [3.05, 3.63) is 126 Å². The van der Waals surface area contributed by atoms with Gasteiger partial charge >= 0.3 is 0 Å². The van der Waals surface area contributed by atoms with Crippen LogP contribution in [0.3, 0.4) is 0 Å². The number of ether oxygens (including phenoxy) is 1. The van der Waals surface area contributed by atoms with Crippen molar-refractivity contribution in [1.29, 1.82) is 0 Å². The van der Waals surface area contributed by atoms with Crippen molar-refractivity contribution in [2.75, 3.05) is 32.1 Å². The molecule has 1 fully saturated rings. The van der Waals surface area contributed by atoms with Gasteiger partial charge in [0, 0.05) is 31.7 Å². The molecule has 0 saturated carbocycles. The van der Waals surface area contributed by atoms with E-state index in [4.69, 9.17) is 15.5 Å². The highest BCUT2D eigenvalue weighted by atomic mass is 35.5. The standard InChI is InChI=1S/C28H31FN4O.C9H13NO.ClH/c1-34-25-12-8-21(9-13-25)14-17-32-18-15-24(16-19-32)30-28-31-26-4-2-3-5-27(26)33(28)20-22-6-10-23(29)11-7-22;1-7(10)9(11)8-5-3-2-4-6-8;/h2-13,24H,14-20H2,1H3,(H,30,31);2-7,9,11H,10H2,1H3;1H. The fraction of sp³-hybridized carbons (Fsp3) is 0.324. The van der Waals surface area contributed by atoms with Crippen molar-refractivity contribution in [2.45, 2.75) is 50.9 Å². The molecular weight excluding hydrogens is 601 g/mol. The molecule has 46 heavy (non-hydrogen) atoms. The molecule has 4 N–H and O–H groups in total. The number of benzene rings is 4. The smallest absolute Gasteiger partial charge is 0.204 e. The van der Waals surface area contributed by atoms with E-state index >= 15 is 0 Å². The van der Waals surface area contributed by atoms with Gasteiger partial charge in [-0.15, -0.1) is 12.4 Å². The van der Waals surface area contributed by atoms with Crippen LogP contribution in [-0.2, 0) is 13.0 Å². The zero-order valence-electron chi connectivity index (χ0n) is 26.6. The number of nitrogens with two attached hydrogens (primary N) is 1. The van der Waals surface area contributed by atoms with E-state index in [1.54, 1.807) is 14.0 Å². The Morgan fingerprint density at radius 3 is 2.20 bits per heavy atom. The van der Waals surface area contributed by atoms with Crippen LogP contribution in [-0.4, -0.2) is 58.4 Å². The minimum absolute atomic E-state index is 0. The van der Waals surface area contributed by atoms with Gasteiger partial charge in [0.15, 0.2) is 0 Å². The summed E-state index contributed by atoms with van der Waals surface area (Å²) < 4.78 is 20.8. The minimum atomic E-state index is -0.545. The molecule has 9 heteroatoms. The second-order valence-corrected chi connectivity index (χ2v) is 11.7. The van der Waals surface area contributed by atoms with Gasteiger partial charge in [-0.2, -0.15) is 0 Å². The largest absolute Gasteiger partial charge is 0.497 e. The van der Waals surface area contributed by atoms with Gasteiger partial charge in [-0.25, -0.2) is 9.37 Å². The molecule has 6 rings (SSSR count). The summed E-state index contributed by atoms with van der Waals surface area (Å²) in [4.78, 5) is 7.43. The lowest BCUT2D eigenvalue weighted by atomic mass is 10.0. The SMILES string of the molecule is CC(N)C(O)c1ccccc1.COc1ccc(CCN2CCC(Nc3nc4ccccc4n3Cc3ccc(F)cc3)CC2)cc1.Cl. The van der Waals surface area contributed by atoms with Gasteiger partial charge in [-0.05, 0) is 79.3 Å². The molecule has 5 aromatic rings. The lowest BCUT2D eigenvalue weighted by Gasteiger charge is -2.32. The number of para-hydroxylation sites is 2. The number of nitrogens with zero attached hydrogens (tertiary/aromatic N) is 3. The molecule has 2 atom stereocenters. The number of nitrogens with one attached hydrogen (secondary N) is 1. The molecule has 0 bridgehead atoms. The summed E-state index contributed by atoms with van der Waals surface area (Å²) in [6.07, 6.45) is 2.68. The summed E-state index contributed by atoms with van der Waals surface area (Å²) in [5.41, 5.74) is 10.9.